The van der Waals surface area contributed by atoms with Crippen molar-refractivity contribution in [3.8, 4) is 22.6 Å². The van der Waals surface area contributed by atoms with Gasteiger partial charge in [0.2, 0.25) is 5.76 Å². The first-order valence-corrected chi connectivity index (χ1v) is 8.04. The molecule has 0 unspecified atom stereocenters. The molecule has 2 heterocycles. The summed E-state index contributed by atoms with van der Waals surface area (Å²) in [6.45, 7) is 1.76. The summed E-state index contributed by atoms with van der Waals surface area (Å²) in [6, 6.07) is 9.17. The minimum absolute atomic E-state index is 0.188. The summed E-state index contributed by atoms with van der Waals surface area (Å²) < 4.78 is 15.5. The number of anilines is 1. The number of methoxy groups -OCH3 is 2. The Kier molecular flexibility index (Phi) is 4.52. The number of rotatable bonds is 5. The van der Waals surface area contributed by atoms with Gasteiger partial charge in [0.15, 0.2) is 11.5 Å². The Bertz CT molecular complexity index is 869. The fourth-order valence-corrected chi connectivity index (χ4v) is 3.02. The van der Waals surface area contributed by atoms with Gasteiger partial charge in [0.1, 0.15) is 0 Å². The summed E-state index contributed by atoms with van der Waals surface area (Å²) in [5, 5.41) is 9.19. The molecule has 3 rings (SSSR count). The summed E-state index contributed by atoms with van der Waals surface area (Å²) >= 11 is 1.43. The van der Waals surface area contributed by atoms with Crippen LogP contribution in [0.15, 0.2) is 40.2 Å². The van der Waals surface area contributed by atoms with E-state index in [4.69, 9.17) is 14.0 Å². The van der Waals surface area contributed by atoms with Crippen molar-refractivity contribution in [3.63, 3.8) is 0 Å². The van der Waals surface area contributed by atoms with E-state index in [1.165, 1.54) is 11.3 Å². The van der Waals surface area contributed by atoms with E-state index in [9.17, 15) is 4.79 Å². The van der Waals surface area contributed by atoms with E-state index < -0.39 is 0 Å². The number of nitrogens with one attached hydrogen (secondary N) is 1. The van der Waals surface area contributed by atoms with Gasteiger partial charge >= 0.3 is 0 Å². The number of aromatic nitrogens is 1. The lowest BCUT2D eigenvalue weighted by Crippen LogP contribution is -2.09. The third-order valence-electron chi connectivity index (χ3n) is 3.40. The largest absolute Gasteiger partial charge is 0.493 e. The highest BCUT2D eigenvalue weighted by Crippen LogP contribution is 2.35. The molecule has 0 bridgehead atoms. The lowest BCUT2D eigenvalue weighted by molar-refractivity contribution is 0.0988. The minimum Gasteiger partial charge on any atom is -0.493 e. The Morgan fingerprint density at radius 3 is 2.58 bits per heavy atom. The summed E-state index contributed by atoms with van der Waals surface area (Å²) in [7, 11) is 3.20. The molecule has 1 amide bonds. The van der Waals surface area contributed by atoms with Crippen LogP contribution in [0.1, 0.15) is 16.2 Å². The smallest absolute Gasteiger partial charge is 0.294 e. The van der Waals surface area contributed by atoms with Crippen molar-refractivity contribution in [2.75, 3.05) is 19.5 Å². The van der Waals surface area contributed by atoms with E-state index in [0.29, 0.717) is 17.2 Å². The number of thiophene rings is 1. The first kappa shape index (κ1) is 16.1. The molecule has 0 fully saturated rings. The molecule has 0 saturated carbocycles. The molecule has 6 nitrogen and oxygen atoms in total. The lowest BCUT2D eigenvalue weighted by Gasteiger charge is -2.08. The van der Waals surface area contributed by atoms with Gasteiger partial charge in [-0.15, -0.1) is 11.3 Å². The van der Waals surface area contributed by atoms with Crippen molar-refractivity contribution in [1.82, 2.24) is 5.16 Å². The fourth-order valence-electron chi connectivity index (χ4n) is 2.21. The van der Waals surface area contributed by atoms with E-state index >= 15 is 0 Å². The first-order valence-electron chi connectivity index (χ1n) is 7.16. The fraction of sp³-hybridized carbons (Fsp3) is 0.176. The molecule has 0 saturated heterocycles. The molecule has 0 atom stereocenters. The number of benzene rings is 1. The number of aryl methyl sites for hydroxylation is 1. The Hall–Kier alpha value is -2.80. The van der Waals surface area contributed by atoms with E-state index in [1.54, 1.807) is 27.2 Å². The van der Waals surface area contributed by atoms with E-state index in [1.807, 2.05) is 29.6 Å². The van der Waals surface area contributed by atoms with E-state index in [0.717, 1.165) is 16.1 Å². The van der Waals surface area contributed by atoms with Crippen LogP contribution in [0.25, 0.3) is 11.1 Å². The highest BCUT2D eigenvalue weighted by Gasteiger charge is 2.14. The molecule has 0 spiro atoms. The van der Waals surface area contributed by atoms with Crippen LogP contribution >= 0.6 is 11.3 Å². The molecule has 0 aliphatic rings. The molecule has 1 aromatic carbocycles. The van der Waals surface area contributed by atoms with Crippen LogP contribution in [0.3, 0.4) is 0 Å². The van der Waals surface area contributed by atoms with Gasteiger partial charge < -0.3 is 19.3 Å². The van der Waals surface area contributed by atoms with Crippen molar-refractivity contribution in [2.24, 2.45) is 0 Å². The summed E-state index contributed by atoms with van der Waals surface area (Å²) in [4.78, 5) is 12.1. The second-order valence-corrected chi connectivity index (χ2v) is 5.97. The standard InChI is InChI=1S/C17H16N2O4S/c1-10-6-15(23-19-10)17(20)18-16-8-12(9-24-16)11-4-5-13(21-2)14(7-11)22-3/h4-9H,1-3H3,(H,18,20). The molecule has 7 heteroatoms. The lowest BCUT2D eigenvalue weighted by atomic mass is 10.1. The van der Waals surface area contributed by atoms with Crippen molar-refractivity contribution < 1.29 is 18.8 Å². The van der Waals surface area contributed by atoms with Gasteiger partial charge in [-0.05, 0) is 36.2 Å². The summed E-state index contributed by atoms with van der Waals surface area (Å²) in [5.41, 5.74) is 2.61. The Balaban J connectivity index is 1.79. The van der Waals surface area contributed by atoms with Crippen LogP contribution in [0.5, 0.6) is 11.5 Å². The minimum atomic E-state index is -0.323. The average Bonchev–Trinajstić information content (AvgIpc) is 3.23. The first-order chi connectivity index (χ1) is 11.6. The van der Waals surface area contributed by atoms with Crippen LogP contribution in [-0.4, -0.2) is 25.3 Å². The monoisotopic (exact) mass is 344 g/mol. The maximum absolute atomic E-state index is 12.1. The number of hydrogen-bond donors (Lipinski definition) is 1. The number of carbonyl (C=O) groups is 1. The van der Waals surface area contributed by atoms with Crippen molar-refractivity contribution in [2.45, 2.75) is 6.92 Å². The van der Waals surface area contributed by atoms with Gasteiger partial charge in [0.25, 0.3) is 5.91 Å². The SMILES string of the molecule is COc1ccc(-c2csc(NC(=O)c3cc(C)no3)c2)cc1OC. The number of nitrogens with zero attached hydrogens (tertiary/aromatic N) is 1. The van der Waals surface area contributed by atoms with Crippen LogP contribution in [0, 0.1) is 6.92 Å². The Morgan fingerprint density at radius 1 is 1.12 bits per heavy atom. The highest BCUT2D eigenvalue weighted by molar-refractivity contribution is 7.14. The van der Waals surface area contributed by atoms with Gasteiger partial charge in [-0.1, -0.05) is 11.2 Å². The number of carbonyl (C=O) groups excluding carboxylic acids is 1. The maximum Gasteiger partial charge on any atom is 0.294 e. The predicted octanol–water partition coefficient (Wildman–Crippen LogP) is 3.98. The average molecular weight is 344 g/mol. The highest BCUT2D eigenvalue weighted by atomic mass is 32.1. The van der Waals surface area contributed by atoms with Gasteiger partial charge in [-0.2, -0.15) is 0 Å². The van der Waals surface area contributed by atoms with Crippen molar-refractivity contribution >= 4 is 22.2 Å². The van der Waals surface area contributed by atoms with Crippen LogP contribution in [0.4, 0.5) is 5.00 Å². The van der Waals surface area contributed by atoms with E-state index in [2.05, 4.69) is 10.5 Å². The number of amides is 1. The van der Waals surface area contributed by atoms with E-state index in [-0.39, 0.29) is 11.7 Å². The molecular formula is C17H16N2O4S. The molecule has 0 aliphatic heterocycles. The topological polar surface area (TPSA) is 73.6 Å². The quantitative estimate of drug-likeness (QED) is 0.758. The van der Waals surface area contributed by atoms with Gasteiger partial charge in [0, 0.05) is 11.4 Å². The van der Waals surface area contributed by atoms with Crippen LogP contribution in [-0.2, 0) is 0 Å². The van der Waals surface area contributed by atoms with Crippen molar-refractivity contribution in [1.29, 1.82) is 0 Å². The molecule has 124 valence electrons. The molecule has 0 aliphatic carbocycles. The van der Waals surface area contributed by atoms with Gasteiger partial charge in [-0.25, -0.2) is 0 Å². The third kappa shape index (κ3) is 3.26. The predicted molar refractivity (Wildman–Crippen MR) is 92.1 cm³/mol. The molecule has 3 aromatic rings. The number of hydrogen-bond acceptors (Lipinski definition) is 6. The Labute approximate surface area is 143 Å². The summed E-state index contributed by atoms with van der Waals surface area (Å²) in [6.07, 6.45) is 0. The molecular weight excluding hydrogens is 328 g/mol. The summed E-state index contributed by atoms with van der Waals surface area (Å²) in [5.74, 6) is 1.19. The third-order valence-corrected chi connectivity index (χ3v) is 4.25. The van der Waals surface area contributed by atoms with Gasteiger partial charge in [-0.3, -0.25) is 4.79 Å². The maximum atomic E-state index is 12.1. The van der Waals surface area contributed by atoms with Gasteiger partial charge in [0.05, 0.1) is 24.9 Å². The van der Waals surface area contributed by atoms with Crippen molar-refractivity contribution in [3.05, 3.63) is 47.2 Å². The molecule has 1 N–H and O–H groups in total. The molecule has 2 aromatic heterocycles. The second-order valence-electron chi connectivity index (χ2n) is 5.06. The number of ether oxygens (including phenoxy) is 2. The second kappa shape index (κ2) is 6.76. The molecule has 24 heavy (non-hydrogen) atoms. The molecule has 0 radical (unpaired) electrons. The zero-order chi connectivity index (χ0) is 17.1. The zero-order valence-corrected chi connectivity index (χ0v) is 14.3. The zero-order valence-electron chi connectivity index (χ0n) is 13.5. The van der Waals surface area contributed by atoms with Crippen LogP contribution < -0.4 is 14.8 Å². The van der Waals surface area contributed by atoms with Crippen LogP contribution in [0.2, 0.25) is 0 Å². The Morgan fingerprint density at radius 2 is 1.92 bits per heavy atom. The normalized spacial score (nSPS) is 10.5.